The summed E-state index contributed by atoms with van der Waals surface area (Å²) in [6.07, 6.45) is -1.21. The number of hydrogen-bond acceptors (Lipinski definition) is 12. The Hall–Kier alpha value is -4.22. The summed E-state index contributed by atoms with van der Waals surface area (Å²) in [5.41, 5.74) is 0.655. The highest BCUT2D eigenvalue weighted by Crippen LogP contribution is 2.35. The van der Waals surface area contributed by atoms with Crippen molar-refractivity contribution < 1.29 is 49.7 Å². The molecule has 3 heterocycles. The van der Waals surface area contributed by atoms with Crippen LogP contribution in [0.1, 0.15) is 75.5 Å². The number of aromatic nitrogens is 2. The number of fused-ring (bicyclic) bond motifs is 1. The summed E-state index contributed by atoms with van der Waals surface area (Å²) in [6.45, 7) is 9.71. The van der Waals surface area contributed by atoms with Gasteiger partial charge in [-0.1, -0.05) is 19.4 Å². The number of carboxylic acid groups (broad SMARTS) is 3. The molecule has 1 aromatic carbocycles. The Labute approximate surface area is 264 Å². The maximum Gasteiger partial charge on any atom is 0.336 e. The number of nitrogens with zero attached hydrogens (tertiary/aromatic N) is 4. The van der Waals surface area contributed by atoms with Crippen molar-refractivity contribution in [2.24, 2.45) is 4.99 Å². The largest absolute Gasteiger partial charge is 0.493 e. The van der Waals surface area contributed by atoms with E-state index >= 15 is 0 Å². The smallest absolute Gasteiger partial charge is 0.336 e. The normalized spacial score (nSPS) is 17.3. The van der Waals surface area contributed by atoms with Gasteiger partial charge in [0.25, 0.3) is 5.56 Å². The van der Waals surface area contributed by atoms with Crippen molar-refractivity contribution in [3.05, 3.63) is 45.4 Å². The Morgan fingerprint density at radius 3 is 2.24 bits per heavy atom. The molecule has 1 fully saturated rings. The first-order valence-electron chi connectivity index (χ1n) is 14.8. The zero-order valence-electron chi connectivity index (χ0n) is 26.2. The number of benzene rings is 1. The summed E-state index contributed by atoms with van der Waals surface area (Å²) in [7, 11) is 2.08. The van der Waals surface area contributed by atoms with Crippen LogP contribution >= 0.6 is 0 Å². The monoisotopic (exact) mass is 647 g/mol. The van der Waals surface area contributed by atoms with Crippen molar-refractivity contribution >= 4 is 23.6 Å². The number of ether oxygens (including phenoxy) is 1. The number of aliphatic imine (C=N–C) groups is 1. The average molecular weight is 648 g/mol. The third-order valence-electron chi connectivity index (χ3n) is 7.58. The van der Waals surface area contributed by atoms with Gasteiger partial charge in [0, 0.05) is 26.2 Å². The fraction of sp³-hybridized carbons (Fsp3) is 0.533. The Bertz CT molecular complexity index is 1480. The molecule has 0 radical (unpaired) electrons. The van der Waals surface area contributed by atoms with E-state index in [0.717, 1.165) is 50.3 Å². The molecule has 1 aromatic heterocycles. The lowest BCUT2D eigenvalue weighted by atomic mass is 9.96. The maximum absolute atomic E-state index is 13.0. The number of nitrogens with one attached hydrogen (secondary N) is 1. The Morgan fingerprint density at radius 1 is 1.09 bits per heavy atom. The fourth-order valence-electron chi connectivity index (χ4n) is 5.27. The van der Waals surface area contributed by atoms with Crippen LogP contribution in [0, 0.1) is 0 Å². The number of likely N-dealkylation sites (N-methyl/N-ethyl adjacent to an activating group) is 1. The minimum absolute atomic E-state index is 0.181. The molecule has 0 spiro atoms. The first-order chi connectivity index (χ1) is 21.7. The Kier molecular flexibility index (Phi) is 12.5. The predicted octanol–water partition coefficient (Wildman–Crippen LogP) is 1.99. The molecule has 2 unspecified atom stereocenters. The van der Waals surface area contributed by atoms with Crippen LogP contribution in [0.5, 0.6) is 5.75 Å². The van der Waals surface area contributed by atoms with Gasteiger partial charge in [0.05, 0.1) is 48.0 Å². The van der Waals surface area contributed by atoms with Gasteiger partial charge in [0.2, 0.25) is 0 Å². The van der Waals surface area contributed by atoms with Crippen molar-refractivity contribution in [3.8, 4) is 17.1 Å². The molecule has 46 heavy (non-hydrogen) atoms. The molecule has 0 saturated carbocycles. The van der Waals surface area contributed by atoms with Crippen LogP contribution in [0.15, 0.2) is 28.0 Å². The zero-order valence-corrected chi connectivity index (χ0v) is 26.2. The van der Waals surface area contributed by atoms with E-state index in [1.807, 2.05) is 32.0 Å². The number of rotatable bonds is 13. The van der Waals surface area contributed by atoms with E-state index in [9.17, 15) is 24.4 Å². The molecule has 16 nitrogen and oxygen atoms in total. The number of H-pyrrole nitrogens is 1. The summed E-state index contributed by atoms with van der Waals surface area (Å²) in [4.78, 5) is 65.2. The molecule has 6 N–H and O–H groups in total. The highest BCUT2D eigenvalue weighted by atomic mass is 17.1. The number of carboxylic acids is 3. The van der Waals surface area contributed by atoms with Crippen molar-refractivity contribution in [2.75, 3.05) is 39.8 Å². The third kappa shape index (κ3) is 8.73. The van der Waals surface area contributed by atoms with Crippen LogP contribution in [0.4, 0.5) is 0 Å². The first-order valence-corrected chi connectivity index (χ1v) is 14.8. The topological polar surface area (TPSA) is 235 Å². The number of aromatic amines is 1. The SMILES string of the molecule is CCCC1=NC(C)c2c1nc(-c1cc(C(OO)N3CCN(C)CC3)ccc1OCC)[nH]c2=O.O=C(O)CC(O)(CC(=O)O)C(=O)O. The van der Waals surface area contributed by atoms with Crippen LogP contribution in [0.25, 0.3) is 11.4 Å². The van der Waals surface area contributed by atoms with E-state index in [1.165, 1.54) is 0 Å². The summed E-state index contributed by atoms with van der Waals surface area (Å²) in [5, 5.41) is 43.6. The molecule has 4 rings (SSSR count). The van der Waals surface area contributed by atoms with E-state index in [-0.39, 0.29) is 11.6 Å². The molecule has 2 atom stereocenters. The van der Waals surface area contributed by atoms with Crippen molar-refractivity contribution in [2.45, 2.75) is 64.3 Å². The summed E-state index contributed by atoms with van der Waals surface area (Å²) < 4.78 is 5.86. The molecular weight excluding hydrogens is 606 g/mol. The quantitative estimate of drug-likeness (QED) is 0.135. The van der Waals surface area contributed by atoms with Crippen LogP contribution < -0.4 is 10.3 Å². The van der Waals surface area contributed by atoms with Crippen LogP contribution in [0.3, 0.4) is 0 Å². The molecule has 252 valence electrons. The van der Waals surface area contributed by atoms with Crippen LogP contribution in [-0.4, -0.2) is 115 Å². The van der Waals surface area contributed by atoms with Gasteiger partial charge in [-0.05, 0) is 45.0 Å². The molecule has 2 aliphatic rings. The molecular formula is C30H41N5O11. The van der Waals surface area contributed by atoms with Gasteiger partial charge in [-0.25, -0.2) is 19.9 Å². The molecule has 2 aromatic rings. The van der Waals surface area contributed by atoms with Gasteiger partial charge >= 0.3 is 17.9 Å². The number of aliphatic carboxylic acids is 3. The van der Waals surface area contributed by atoms with E-state index < -0.39 is 42.6 Å². The second-order valence-corrected chi connectivity index (χ2v) is 11.1. The minimum Gasteiger partial charge on any atom is -0.493 e. The second-order valence-electron chi connectivity index (χ2n) is 11.1. The maximum atomic E-state index is 13.0. The summed E-state index contributed by atoms with van der Waals surface area (Å²) in [6, 6.07) is 5.40. The zero-order chi connectivity index (χ0) is 34.2. The van der Waals surface area contributed by atoms with E-state index in [2.05, 4.69) is 33.7 Å². The van der Waals surface area contributed by atoms with Gasteiger partial charge in [-0.3, -0.25) is 24.3 Å². The standard InChI is InChI=1S/C24H33N5O4.C6H8O7/c1-5-7-18-21-20(15(3)25-18)23(30)27-22(26-21)17-14-16(8-9-19(17)32-6-2)24(33-31)29-12-10-28(4)11-13-29;7-3(8)1-6(13,5(11)12)2-4(9)10/h8-9,14-15,24,31H,5-7,10-13H2,1-4H3,(H,26,27,30);13H,1-2H2,(H,7,8)(H,9,10)(H,11,12). The van der Waals surface area contributed by atoms with Crippen LogP contribution in [0.2, 0.25) is 0 Å². The number of piperazine rings is 1. The summed E-state index contributed by atoms with van der Waals surface area (Å²) in [5.74, 6) is -3.98. The predicted molar refractivity (Wildman–Crippen MR) is 164 cm³/mol. The number of hydrogen-bond donors (Lipinski definition) is 6. The lowest BCUT2D eigenvalue weighted by Crippen LogP contribution is -2.46. The second kappa shape index (κ2) is 15.9. The van der Waals surface area contributed by atoms with E-state index in [1.54, 1.807) is 0 Å². The van der Waals surface area contributed by atoms with Gasteiger partial charge in [-0.15, -0.1) is 0 Å². The van der Waals surface area contributed by atoms with Crippen LogP contribution in [-0.2, 0) is 19.3 Å². The highest BCUT2D eigenvalue weighted by molar-refractivity contribution is 6.02. The van der Waals surface area contributed by atoms with Gasteiger partial charge in [0.1, 0.15) is 11.6 Å². The molecule has 16 heteroatoms. The number of carbonyl (C=O) groups is 3. The molecule has 0 aliphatic carbocycles. The molecule has 0 bridgehead atoms. The fourth-order valence-corrected chi connectivity index (χ4v) is 5.27. The third-order valence-corrected chi connectivity index (χ3v) is 7.58. The Balaban J connectivity index is 0.000000376. The van der Waals surface area contributed by atoms with Gasteiger partial charge in [0.15, 0.2) is 11.8 Å². The minimum atomic E-state index is -2.74. The van der Waals surface area contributed by atoms with E-state index in [0.29, 0.717) is 35.0 Å². The Morgan fingerprint density at radius 2 is 1.72 bits per heavy atom. The molecule has 2 aliphatic heterocycles. The van der Waals surface area contributed by atoms with Crippen molar-refractivity contribution in [1.82, 2.24) is 19.8 Å². The van der Waals surface area contributed by atoms with Crippen molar-refractivity contribution in [1.29, 1.82) is 0 Å². The molecule has 1 saturated heterocycles. The van der Waals surface area contributed by atoms with Gasteiger partial charge < -0.3 is 35.0 Å². The average Bonchev–Trinajstić information content (AvgIpc) is 3.30. The lowest BCUT2D eigenvalue weighted by molar-refractivity contribution is -0.319. The highest BCUT2D eigenvalue weighted by Gasteiger charge is 2.40. The number of aliphatic hydroxyl groups is 1. The van der Waals surface area contributed by atoms with E-state index in [4.69, 9.17) is 35.0 Å². The molecule has 0 amide bonds. The summed E-state index contributed by atoms with van der Waals surface area (Å²) >= 11 is 0. The lowest BCUT2D eigenvalue weighted by Gasteiger charge is -2.36. The first kappa shape index (κ1) is 36.3. The van der Waals surface area contributed by atoms with Gasteiger partial charge in [-0.2, -0.15) is 0 Å². The van der Waals surface area contributed by atoms with Crippen molar-refractivity contribution in [3.63, 3.8) is 0 Å².